The first-order chi connectivity index (χ1) is 10.1. The molecule has 1 aliphatic rings. The molecule has 21 heavy (non-hydrogen) atoms. The van der Waals surface area contributed by atoms with Gasteiger partial charge in [0.05, 0.1) is 30.0 Å². The highest BCUT2D eigenvalue weighted by Crippen LogP contribution is 2.27. The van der Waals surface area contributed by atoms with Crippen LogP contribution < -0.4 is 11.1 Å². The van der Waals surface area contributed by atoms with Gasteiger partial charge in [-0.1, -0.05) is 11.3 Å². The molecule has 2 heterocycles. The summed E-state index contributed by atoms with van der Waals surface area (Å²) < 4.78 is 6.34. The first-order valence-corrected chi connectivity index (χ1v) is 7.71. The second-order valence-corrected chi connectivity index (χ2v) is 6.22. The smallest absolute Gasteiger partial charge is 0.240 e. The molecule has 1 unspecified atom stereocenters. The average molecular weight is 306 g/mol. The van der Waals surface area contributed by atoms with Gasteiger partial charge in [-0.15, -0.1) is 0 Å². The predicted molar refractivity (Wildman–Crippen MR) is 84.5 cm³/mol. The van der Waals surface area contributed by atoms with E-state index in [1.54, 1.807) is 0 Å². The van der Waals surface area contributed by atoms with Crippen molar-refractivity contribution in [1.82, 2.24) is 9.88 Å². The van der Waals surface area contributed by atoms with Gasteiger partial charge in [0.1, 0.15) is 0 Å². The number of hydrogen-bond acceptors (Lipinski definition) is 6. The van der Waals surface area contributed by atoms with E-state index in [1.165, 1.54) is 11.3 Å². The van der Waals surface area contributed by atoms with Crippen LogP contribution in [-0.2, 0) is 9.53 Å². The van der Waals surface area contributed by atoms with E-state index in [-0.39, 0.29) is 11.9 Å². The Morgan fingerprint density at radius 2 is 2.48 bits per heavy atom. The summed E-state index contributed by atoms with van der Waals surface area (Å²) in [6.07, 6.45) is 0. The second kappa shape index (κ2) is 5.97. The Labute approximate surface area is 126 Å². The molecule has 1 aromatic carbocycles. The summed E-state index contributed by atoms with van der Waals surface area (Å²) in [5, 5.41) is 3.48. The molecule has 0 spiro atoms. The first kappa shape index (κ1) is 14.2. The molecule has 2 aromatic rings. The molecule has 3 rings (SSSR count). The highest BCUT2D eigenvalue weighted by Gasteiger charge is 2.21. The van der Waals surface area contributed by atoms with Crippen molar-refractivity contribution in [2.24, 2.45) is 0 Å². The Balaban J connectivity index is 1.65. The number of thiazole rings is 1. The SMILES string of the molecule is CC1COCCN1CC(=O)Nc1nc2ccc(N)cc2s1. The van der Waals surface area contributed by atoms with Crippen LogP contribution in [0, 0.1) is 0 Å². The van der Waals surface area contributed by atoms with Crippen molar-refractivity contribution in [2.75, 3.05) is 37.4 Å². The van der Waals surface area contributed by atoms with E-state index in [0.717, 1.165) is 16.8 Å². The maximum Gasteiger partial charge on any atom is 0.240 e. The van der Waals surface area contributed by atoms with E-state index < -0.39 is 0 Å². The van der Waals surface area contributed by atoms with Gasteiger partial charge in [-0.2, -0.15) is 0 Å². The molecule has 1 atom stereocenters. The summed E-state index contributed by atoms with van der Waals surface area (Å²) >= 11 is 1.44. The van der Waals surface area contributed by atoms with Crippen LogP contribution in [0.15, 0.2) is 18.2 Å². The van der Waals surface area contributed by atoms with Crippen molar-refractivity contribution in [2.45, 2.75) is 13.0 Å². The van der Waals surface area contributed by atoms with Gasteiger partial charge < -0.3 is 15.8 Å². The molecule has 112 valence electrons. The topological polar surface area (TPSA) is 80.5 Å². The fourth-order valence-electron chi connectivity index (χ4n) is 2.33. The van der Waals surface area contributed by atoms with Crippen LogP contribution in [0.25, 0.3) is 10.2 Å². The van der Waals surface area contributed by atoms with Gasteiger partial charge >= 0.3 is 0 Å². The van der Waals surface area contributed by atoms with Crippen LogP contribution in [0.3, 0.4) is 0 Å². The Morgan fingerprint density at radius 1 is 1.62 bits per heavy atom. The minimum Gasteiger partial charge on any atom is -0.399 e. The van der Waals surface area contributed by atoms with Crippen molar-refractivity contribution < 1.29 is 9.53 Å². The Hall–Kier alpha value is -1.70. The molecular weight excluding hydrogens is 288 g/mol. The zero-order chi connectivity index (χ0) is 14.8. The minimum absolute atomic E-state index is 0.0456. The van der Waals surface area contributed by atoms with Crippen LogP contribution in [0.1, 0.15) is 6.92 Å². The highest BCUT2D eigenvalue weighted by atomic mass is 32.1. The van der Waals surface area contributed by atoms with Crippen LogP contribution in [0.4, 0.5) is 10.8 Å². The van der Waals surface area contributed by atoms with E-state index in [0.29, 0.717) is 30.6 Å². The summed E-state index contributed by atoms with van der Waals surface area (Å²) in [6, 6.07) is 5.80. The largest absolute Gasteiger partial charge is 0.399 e. The van der Waals surface area contributed by atoms with Gasteiger partial charge in [-0.3, -0.25) is 9.69 Å². The number of carbonyl (C=O) groups is 1. The number of hydrogen-bond donors (Lipinski definition) is 2. The van der Waals surface area contributed by atoms with Crippen molar-refractivity contribution in [3.63, 3.8) is 0 Å². The first-order valence-electron chi connectivity index (χ1n) is 6.89. The van der Waals surface area contributed by atoms with Gasteiger partial charge in [0.2, 0.25) is 5.91 Å². The van der Waals surface area contributed by atoms with Crippen molar-refractivity contribution in [3.8, 4) is 0 Å². The third kappa shape index (κ3) is 3.31. The van der Waals surface area contributed by atoms with E-state index in [9.17, 15) is 4.79 Å². The predicted octanol–water partition coefficient (Wildman–Crippen LogP) is 1.54. The van der Waals surface area contributed by atoms with Crippen molar-refractivity contribution in [3.05, 3.63) is 18.2 Å². The number of benzene rings is 1. The van der Waals surface area contributed by atoms with Gasteiger partial charge in [-0.05, 0) is 25.1 Å². The molecule has 6 nitrogen and oxygen atoms in total. The average Bonchev–Trinajstić information content (AvgIpc) is 2.82. The number of rotatable bonds is 3. The number of morpholine rings is 1. The quantitative estimate of drug-likeness (QED) is 0.841. The van der Waals surface area contributed by atoms with Crippen LogP contribution >= 0.6 is 11.3 Å². The summed E-state index contributed by atoms with van der Waals surface area (Å²) in [4.78, 5) is 18.6. The van der Waals surface area contributed by atoms with Crippen molar-refractivity contribution >= 4 is 38.3 Å². The molecule has 7 heteroatoms. The Morgan fingerprint density at radius 3 is 3.29 bits per heavy atom. The number of nitrogen functional groups attached to an aromatic ring is 1. The molecule has 1 aliphatic heterocycles. The van der Waals surface area contributed by atoms with Crippen molar-refractivity contribution in [1.29, 1.82) is 0 Å². The zero-order valence-corrected chi connectivity index (χ0v) is 12.7. The van der Waals surface area contributed by atoms with Gasteiger partial charge in [0.25, 0.3) is 0 Å². The summed E-state index contributed by atoms with van der Waals surface area (Å²) in [5.41, 5.74) is 7.30. The number of carbonyl (C=O) groups excluding carboxylic acids is 1. The van der Waals surface area contributed by atoms with Crippen LogP contribution in [0.5, 0.6) is 0 Å². The third-order valence-corrected chi connectivity index (χ3v) is 4.44. The molecule has 1 amide bonds. The summed E-state index contributed by atoms with van der Waals surface area (Å²) in [5.74, 6) is -0.0456. The molecule has 0 radical (unpaired) electrons. The number of anilines is 2. The van der Waals surface area contributed by atoms with Gasteiger partial charge in [-0.25, -0.2) is 4.98 Å². The van der Waals surface area contributed by atoms with Gasteiger partial charge in [0.15, 0.2) is 5.13 Å². The summed E-state index contributed by atoms with van der Waals surface area (Å²) in [6.45, 7) is 4.56. The number of fused-ring (bicyclic) bond motifs is 1. The molecule has 0 saturated carbocycles. The lowest BCUT2D eigenvalue weighted by Crippen LogP contribution is -2.47. The number of ether oxygens (including phenoxy) is 1. The molecular formula is C14H18N4O2S. The Bertz CT molecular complexity index is 657. The monoisotopic (exact) mass is 306 g/mol. The maximum atomic E-state index is 12.1. The van der Waals surface area contributed by atoms with Crippen LogP contribution in [0.2, 0.25) is 0 Å². The van der Waals surface area contributed by atoms with Gasteiger partial charge in [0, 0.05) is 18.3 Å². The number of nitrogens with two attached hydrogens (primary N) is 1. The molecule has 1 fully saturated rings. The lowest BCUT2D eigenvalue weighted by atomic mass is 10.2. The normalized spacial score (nSPS) is 19.8. The van der Waals surface area contributed by atoms with E-state index in [4.69, 9.17) is 10.5 Å². The summed E-state index contributed by atoms with van der Waals surface area (Å²) in [7, 11) is 0. The second-order valence-electron chi connectivity index (χ2n) is 5.19. The molecule has 1 saturated heterocycles. The maximum absolute atomic E-state index is 12.1. The van der Waals surface area contributed by atoms with E-state index in [2.05, 4.69) is 22.1 Å². The Kier molecular flexibility index (Phi) is 4.05. The zero-order valence-electron chi connectivity index (χ0n) is 11.8. The molecule has 3 N–H and O–H groups in total. The van der Waals surface area contributed by atoms with Crippen LogP contribution in [-0.4, -0.2) is 48.1 Å². The van der Waals surface area contributed by atoms with E-state index >= 15 is 0 Å². The third-order valence-electron chi connectivity index (χ3n) is 3.51. The number of aromatic nitrogens is 1. The molecule has 0 bridgehead atoms. The molecule has 0 aliphatic carbocycles. The fraction of sp³-hybridized carbons (Fsp3) is 0.429. The fourth-order valence-corrected chi connectivity index (χ4v) is 3.26. The minimum atomic E-state index is -0.0456. The highest BCUT2D eigenvalue weighted by molar-refractivity contribution is 7.22. The standard InChI is InChI=1S/C14H18N4O2S/c1-9-8-20-5-4-18(9)7-13(19)17-14-16-11-3-2-10(15)6-12(11)21-14/h2-3,6,9H,4-5,7-8,15H2,1H3,(H,16,17,19). The number of nitrogens with zero attached hydrogens (tertiary/aromatic N) is 2. The number of amides is 1. The molecule has 1 aromatic heterocycles. The lowest BCUT2D eigenvalue weighted by Gasteiger charge is -2.32. The van der Waals surface area contributed by atoms with E-state index in [1.807, 2.05) is 18.2 Å². The number of nitrogens with one attached hydrogen (secondary N) is 1. The lowest BCUT2D eigenvalue weighted by molar-refractivity contribution is -0.119.